The smallest absolute Gasteiger partial charge is 0.258 e. The first-order valence-corrected chi connectivity index (χ1v) is 9.19. The molecule has 2 heterocycles. The second-order valence-corrected chi connectivity index (χ2v) is 7.06. The summed E-state index contributed by atoms with van der Waals surface area (Å²) in [5, 5.41) is 16.8. The molecule has 0 saturated carbocycles. The first-order chi connectivity index (χ1) is 12.9. The quantitative estimate of drug-likeness (QED) is 0.842. The number of aromatic nitrogens is 1. The van der Waals surface area contributed by atoms with Crippen molar-refractivity contribution in [3.8, 4) is 5.75 Å². The maximum absolute atomic E-state index is 12.8. The largest absolute Gasteiger partial charge is 0.507 e. The summed E-state index contributed by atoms with van der Waals surface area (Å²) in [7, 11) is 0. The zero-order chi connectivity index (χ0) is 19.6. The molecule has 0 bridgehead atoms. The molecule has 0 aliphatic carbocycles. The zero-order valence-corrected chi connectivity index (χ0v) is 15.9. The van der Waals surface area contributed by atoms with Gasteiger partial charge in [-0.05, 0) is 38.8 Å². The molecule has 1 aliphatic heterocycles. The van der Waals surface area contributed by atoms with Gasteiger partial charge in [-0.1, -0.05) is 24.2 Å². The number of para-hydroxylation sites is 1. The lowest BCUT2D eigenvalue weighted by atomic mass is 9.99. The van der Waals surface area contributed by atoms with Crippen molar-refractivity contribution in [2.24, 2.45) is 0 Å². The third-order valence-electron chi connectivity index (χ3n) is 5.11. The lowest BCUT2D eigenvalue weighted by molar-refractivity contribution is -0.124. The molecule has 27 heavy (non-hydrogen) atoms. The van der Waals surface area contributed by atoms with Gasteiger partial charge in [0.1, 0.15) is 17.6 Å². The SMILES string of the molecule is Cc1noc(C)c1C(C)CNC(=O)C1CCCN1C(=O)c1ccccc1O. The molecule has 2 amide bonds. The Bertz CT molecular complexity index is 826. The molecule has 3 rings (SSSR count). The van der Waals surface area contributed by atoms with E-state index < -0.39 is 6.04 Å². The van der Waals surface area contributed by atoms with Gasteiger partial charge >= 0.3 is 0 Å². The van der Waals surface area contributed by atoms with Gasteiger partial charge in [0.25, 0.3) is 5.91 Å². The minimum Gasteiger partial charge on any atom is -0.507 e. The van der Waals surface area contributed by atoms with Crippen LogP contribution in [0.3, 0.4) is 0 Å². The van der Waals surface area contributed by atoms with E-state index in [-0.39, 0.29) is 29.0 Å². The van der Waals surface area contributed by atoms with Crippen LogP contribution in [0.1, 0.15) is 53.1 Å². The number of rotatable bonds is 5. The number of phenolic OH excluding ortho intramolecular Hbond substituents is 1. The molecule has 2 unspecified atom stereocenters. The Morgan fingerprint density at radius 2 is 2.11 bits per heavy atom. The highest BCUT2D eigenvalue weighted by molar-refractivity contribution is 5.99. The van der Waals surface area contributed by atoms with E-state index in [2.05, 4.69) is 10.5 Å². The average molecular weight is 371 g/mol. The molecule has 2 aromatic rings. The van der Waals surface area contributed by atoms with Gasteiger partial charge < -0.3 is 19.8 Å². The molecule has 2 N–H and O–H groups in total. The molecule has 0 spiro atoms. The van der Waals surface area contributed by atoms with E-state index in [0.29, 0.717) is 19.5 Å². The monoisotopic (exact) mass is 371 g/mol. The Morgan fingerprint density at radius 1 is 1.37 bits per heavy atom. The number of aryl methyl sites for hydroxylation is 2. The Morgan fingerprint density at radius 3 is 2.78 bits per heavy atom. The average Bonchev–Trinajstić information content (AvgIpc) is 3.26. The molecule has 7 nitrogen and oxygen atoms in total. The van der Waals surface area contributed by atoms with Crippen LogP contribution in [0, 0.1) is 13.8 Å². The van der Waals surface area contributed by atoms with Gasteiger partial charge in [-0.25, -0.2) is 0 Å². The summed E-state index contributed by atoms with van der Waals surface area (Å²) in [6, 6.07) is 5.89. The first-order valence-electron chi connectivity index (χ1n) is 9.19. The maximum atomic E-state index is 12.8. The fraction of sp³-hybridized carbons (Fsp3) is 0.450. The molecular weight excluding hydrogens is 346 g/mol. The Balaban J connectivity index is 1.65. The van der Waals surface area contributed by atoms with Crippen LogP contribution in [0.5, 0.6) is 5.75 Å². The predicted octanol–water partition coefficient (Wildman–Crippen LogP) is 2.52. The summed E-state index contributed by atoms with van der Waals surface area (Å²) in [5.41, 5.74) is 2.05. The van der Waals surface area contributed by atoms with Crippen molar-refractivity contribution in [1.29, 1.82) is 0 Å². The number of likely N-dealkylation sites (tertiary alicyclic amines) is 1. The number of hydrogen-bond donors (Lipinski definition) is 2. The van der Waals surface area contributed by atoms with Gasteiger partial charge in [0.15, 0.2) is 0 Å². The van der Waals surface area contributed by atoms with E-state index >= 15 is 0 Å². The van der Waals surface area contributed by atoms with E-state index in [0.717, 1.165) is 23.4 Å². The van der Waals surface area contributed by atoms with E-state index in [1.165, 1.54) is 6.07 Å². The number of carbonyl (C=O) groups is 2. The van der Waals surface area contributed by atoms with Crippen LogP contribution in [-0.2, 0) is 4.79 Å². The fourth-order valence-electron chi connectivity index (χ4n) is 3.76. The van der Waals surface area contributed by atoms with Crippen LogP contribution in [0.15, 0.2) is 28.8 Å². The first kappa shape index (κ1) is 18.9. The molecule has 1 aliphatic rings. The van der Waals surface area contributed by atoms with Crippen molar-refractivity contribution < 1.29 is 19.2 Å². The number of benzene rings is 1. The van der Waals surface area contributed by atoms with Crippen LogP contribution < -0.4 is 5.32 Å². The molecule has 2 atom stereocenters. The molecule has 1 aromatic heterocycles. The highest BCUT2D eigenvalue weighted by Gasteiger charge is 2.35. The summed E-state index contributed by atoms with van der Waals surface area (Å²) in [6.07, 6.45) is 1.38. The van der Waals surface area contributed by atoms with Gasteiger partial charge in [0.2, 0.25) is 5.91 Å². The summed E-state index contributed by atoms with van der Waals surface area (Å²) in [5.74, 6) is 0.260. The van der Waals surface area contributed by atoms with Gasteiger partial charge in [0, 0.05) is 24.6 Å². The number of hydrogen-bond acceptors (Lipinski definition) is 5. The Kier molecular flexibility index (Phi) is 5.48. The topological polar surface area (TPSA) is 95.7 Å². The highest BCUT2D eigenvalue weighted by atomic mass is 16.5. The van der Waals surface area contributed by atoms with E-state index in [4.69, 9.17) is 4.52 Å². The van der Waals surface area contributed by atoms with Gasteiger partial charge in [0.05, 0.1) is 11.3 Å². The lowest BCUT2D eigenvalue weighted by Crippen LogP contribution is -2.46. The summed E-state index contributed by atoms with van der Waals surface area (Å²) >= 11 is 0. The molecular formula is C20H25N3O4. The summed E-state index contributed by atoms with van der Waals surface area (Å²) < 4.78 is 5.19. The van der Waals surface area contributed by atoms with Gasteiger partial charge in [-0.2, -0.15) is 0 Å². The van der Waals surface area contributed by atoms with Crippen molar-refractivity contribution in [2.45, 2.75) is 45.6 Å². The molecule has 144 valence electrons. The lowest BCUT2D eigenvalue weighted by Gasteiger charge is -2.25. The molecule has 1 fully saturated rings. The Labute approximate surface area is 158 Å². The third kappa shape index (κ3) is 3.82. The normalized spacial score (nSPS) is 17.7. The minimum atomic E-state index is -0.519. The van der Waals surface area contributed by atoms with Gasteiger partial charge in [-0.3, -0.25) is 9.59 Å². The molecule has 7 heteroatoms. The fourth-order valence-corrected chi connectivity index (χ4v) is 3.76. The summed E-state index contributed by atoms with van der Waals surface area (Å²) in [6.45, 7) is 6.69. The van der Waals surface area contributed by atoms with Crippen LogP contribution in [0.4, 0.5) is 0 Å². The standard InChI is InChI=1S/C20H25N3O4/c1-12(18-13(2)22-27-14(18)3)11-21-19(25)16-8-6-10-23(16)20(26)15-7-4-5-9-17(15)24/h4-5,7,9,12,16,24H,6,8,10-11H2,1-3H3,(H,21,25). The number of amides is 2. The number of nitrogens with zero attached hydrogens (tertiary/aromatic N) is 2. The van der Waals surface area contributed by atoms with Crippen LogP contribution in [0.25, 0.3) is 0 Å². The van der Waals surface area contributed by atoms with Crippen molar-refractivity contribution in [1.82, 2.24) is 15.4 Å². The van der Waals surface area contributed by atoms with Crippen molar-refractivity contribution in [3.05, 3.63) is 46.8 Å². The summed E-state index contributed by atoms with van der Waals surface area (Å²) in [4.78, 5) is 27.0. The van der Waals surface area contributed by atoms with Crippen LogP contribution in [-0.4, -0.2) is 46.1 Å². The number of phenols is 1. The molecule has 1 aromatic carbocycles. The van der Waals surface area contributed by atoms with Crippen molar-refractivity contribution in [2.75, 3.05) is 13.1 Å². The minimum absolute atomic E-state index is 0.0592. The second-order valence-electron chi connectivity index (χ2n) is 7.06. The molecule has 0 radical (unpaired) electrons. The Hall–Kier alpha value is -2.83. The third-order valence-corrected chi connectivity index (χ3v) is 5.11. The number of aromatic hydroxyl groups is 1. The van der Waals surface area contributed by atoms with Crippen LogP contribution in [0.2, 0.25) is 0 Å². The van der Waals surface area contributed by atoms with E-state index in [1.54, 1.807) is 23.1 Å². The van der Waals surface area contributed by atoms with Gasteiger partial charge in [-0.15, -0.1) is 0 Å². The highest BCUT2D eigenvalue weighted by Crippen LogP contribution is 2.25. The van der Waals surface area contributed by atoms with E-state index in [1.807, 2.05) is 20.8 Å². The van der Waals surface area contributed by atoms with Crippen molar-refractivity contribution in [3.63, 3.8) is 0 Å². The zero-order valence-electron chi connectivity index (χ0n) is 15.9. The molecule has 1 saturated heterocycles. The van der Waals surface area contributed by atoms with E-state index in [9.17, 15) is 14.7 Å². The second kappa shape index (κ2) is 7.82. The van der Waals surface area contributed by atoms with Crippen LogP contribution >= 0.6 is 0 Å². The maximum Gasteiger partial charge on any atom is 0.258 e. The number of carbonyl (C=O) groups excluding carboxylic acids is 2. The van der Waals surface area contributed by atoms with Crippen molar-refractivity contribution >= 4 is 11.8 Å². The predicted molar refractivity (Wildman–Crippen MR) is 99.6 cm³/mol. The number of nitrogens with one attached hydrogen (secondary N) is 1.